The maximum absolute atomic E-state index is 5.35. The minimum Gasteiger partial charge on any atom is -0.379 e. The summed E-state index contributed by atoms with van der Waals surface area (Å²) in [6.45, 7) is 5.65. The quantitative estimate of drug-likeness (QED) is 0.360. The average molecular weight is 356 g/mol. The Balaban J connectivity index is 1.40. The van der Waals surface area contributed by atoms with Crippen molar-refractivity contribution in [1.82, 2.24) is 15.6 Å². The number of benzene rings is 2. The smallest absolute Gasteiger partial charge is 0.186 e. The molecular weight excluding hydrogens is 332 g/mol. The Morgan fingerprint density at radius 1 is 1.16 bits per heavy atom. The molecule has 5 nitrogen and oxygen atoms in total. The van der Waals surface area contributed by atoms with E-state index in [1.165, 1.54) is 10.8 Å². The summed E-state index contributed by atoms with van der Waals surface area (Å²) in [5.74, 6) is 0. The zero-order valence-electron chi connectivity index (χ0n) is 14.3. The Morgan fingerprint density at radius 2 is 1.96 bits per heavy atom. The maximum atomic E-state index is 5.35. The van der Waals surface area contributed by atoms with Gasteiger partial charge in [-0.05, 0) is 36.0 Å². The predicted molar refractivity (Wildman–Crippen MR) is 107 cm³/mol. The summed E-state index contributed by atoms with van der Waals surface area (Å²) in [4.78, 5) is 2.42. The monoisotopic (exact) mass is 356 g/mol. The first kappa shape index (κ1) is 17.8. The molecule has 2 aromatic carbocycles. The fraction of sp³-hybridized carbons (Fsp3) is 0.368. The molecule has 6 heteroatoms. The number of thiocarbonyl (C=S) groups is 1. The largest absolute Gasteiger partial charge is 0.379 e. The first-order valence-corrected chi connectivity index (χ1v) is 9.08. The predicted octanol–water partition coefficient (Wildman–Crippen LogP) is 2.36. The van der Waals surface area contributed by atoms with Crippen LogP contribution in [0.3, 0.4) is 0 Å². The van der Waals surface area contributed by atoms with Gasteiger partial charge in [0.15, 0.2) is 5.11 Å². The van der Waals surface area contributed by atoms with E-state index in [4.69, 9.17) is 17.0 Å². The van der Waals surface area contributed by atoms with Crippen LogP contribution in [0, 0.1) is 0 Å². The van der Waals surface area contributed by atoms with Crippen molar-refractivity contribution in [2.24, 2.45) is 5.10 Å². The molecule has 0 amide bonds. The molecular formula is C19H24N4OS. The van der Waals surface area contributed by atoms with Crippen LogP contribution in [0.2, 0.25) is 0 Å². The van der Waals surface area contributed by atoms with E-state index in [9.17, 15) is 0 Å². The van der Waals surface area contributed by atoms with Gasteiger partial charge in [-0.25, -0.2) is 0 Å². The van der Waals surface area contributed by atoms with E-state index in [1.54, 1.807) is 0 Å². The SMILES string of the molecule is S=C(NCCCN1CCOCC1)N/N=C/c1cccc2ccccc12. The van der Waals surface area contributed by atoms with E-state index in [-0.39, 0.29) is 0 Å². The summed E-state index contributed by atoms with van der Waals surface area (Å²) >= 11 is 5.27. The van der Waals surface area contributed by atoms with Gasteiger partial charge >= 0.3 is 0 Å². The first-order chi connectivity index (χ1) is 12.3. The molecule has 1 fully saturated rings. The highest BCUT2D eigenvalue weighted by atomic mass is 32.1. The van der Waals surface area contributed by atoms with Crippen molar-refractivity contribution in [2.75, 3.05) is 39.4 Å². The number of ether oxygens (including phenoxy) is 1. The van der Waals surface area contributed by atoms with Crippen LogP contribution in [0.25, 0.3) is 10.8 Å². The lowest BCUT2D eigenvalue weighted by molar-refractivity contribution is 0.0376. The van der Waals surface area contributed by atoms with Crippen molar-refractivity contribution >= 4 is 34.3 Å². The zero-order valence-corrected chi connectivity index (χ0v) is 15.1. The van der Waals surface area contributed by atoms with E-state index in [2.05, 4.69) is 38.9 Å². The fourth-order valence-electron chi connectivity index (χ4n) is 2.89. The minimum atomic E-state index is 0.554. The molecule has 0 aliphatic carbocycles. The van der Waals surface area contributed by atoms with Crippen LogP contribution in [-0.2, 0) is 4.74 Å². The molecule has 2 aromatic rings. The molecule has 0 aromatic heterocycles. The van der Waals surface area contributed by atoms with Crippen LogP contribution < -0.4 is 10.7 Å². The Hall–Kier alpha value is -2.02. The summed E-state index contributed by atoms with van der Waals surface area (Å²) < 4.78 is 5.35. The van der Waals surface area contributed by atoms with Crippen molar-refractivity contribution in [3.05, 3.63) is 48.0 Å². The first-order valence-electron chi connectivity index (χ1n) is 8.68. The Labute approximate surface area is 154 Å². The third-order valence-electron chi connectivity index (χ3n) is 4.23. The lowest BCUT2D eigenvalue weighted by Gasteiger charge is -2.26. The molecule has 0 saturated carbocycles. The van der Waals surface area contributed by atoms with Crippen LogP contribution in [0.4, 0.5) is 0 Å². The number of hydrogen-bond acceptors (Lipinski definition) is 4. The van der Waals surface area contributed by atoms with E-state index in [0.717, 1.165) is 51.4 Å². The van der Waals surface area contributed by atoms with Gasteiger partial charge in [0, 0.05) is 25.2 Å². The number of hydrogen-bond donors (Lipinski definition) is 2. The van der Waals surface area contributed by atoms with Crippen LogP contribution in [-0.4, -0.2) is 55.6 Å². The second kappa shape index (κ2) is 9.46. The Morgan fingerprint density at radius 3 is 2.84 bits per heavy atom. The van der Waals surface area contributed by atoms with Gasteiger partial charge in [0.2, 0.25) is 0 Å². The number of nitrogens with zero attached hydrogens (tertiary/aromatic N) is 2. The van der Waals surface area contributed by atoms with Gasteiger partial charge in [0.25, 0.3) is 0 Å². The number of hydrazone groups is 1. The Bertz CT molecular complexity index is 723. The van der Waals surface area contributed by atoms with Crippen molar-refractivity contribution in [3.8, 4) is 0 Å². The van der Waals surface area contributed by atoms with Crippen molar-refractivity contribution in [2.45, 2.75) is 6.42 Å². The van der Waals surface area contributed by atoms with Crippen LogP contribution in [0.5, 0.6) is 0 Å². The minimum absolute atomic E-state index is 0.554. The normalized spacial score (nSPS) is 15.5. The standard InChI is InChI=1S/C19H24N4OS/c25-19(20-9-4-10-23-11-13-24-14-12-23)22-21-15-17-7-3-6-16-5-1-2-8-18(16)17/h1-3,5-8,15H,4,9-14H2,(H2,20,22,25)/b21-15+. The molecule has 25 heavy (non-hydrogen) atoms. The van der Waals surface area contributed by atoms with Gasteiger partial charge in [-0.15, -0.1) is 0 Å². The van der Waals surface area contributed by atoms with Gasteiger partial charge in [-0.1, -0.05) is 42.5 Å². The molecule has 0 spiro atoms. The number of nitrogens with one attached hydrogen (secondary N) is 2. The van der Waals surface area contributed by atoms with E-state index in [1.807, 2.05) is 30.5 Å². The summed E-state index contributed by atoms with van der Waals surface area (Å²) in [7, 11) is 0. The average Bonchev–Trinajstić information content (AvgIpc) is 2.66. The van der Waals surface area contributed by atoms with E-state index in [0.29, 0.717) is 5.11 Å². The molecule has 2 N–H and O–H groups in total. The van der Waals surface area contributed by atoms with Crippen LogP contribution in [0.1, 0.15) is 12.0 Å². The summed E-state index contributed by atoms with van der Waals surface area (Å²) in [5, 5.41) is 10.4. The number of fused-ring (bicyclic) bond motifs is 1. The second-order valence-corrected chi connectivity index (χ2v) is 6.41. The lowest BCUT2D eigenvalue weighted by Crippen LogP contribution is -2.39. The van der Waals surface area contributed by atoms with Gasteiger partial charge in [-0.3, -0.25) is 10.3 Å². The summed E-state index contributed by atoms with van der Waals surface area (Å²) in [5.41, 5.74) is 3.96. The van der Waals surface area contributed by atoms with E-state index >= 15 is 0 Å². The Kier molecular flexibility index (Phi) is 6.73. The zero-order chi connectivity index (χ0) is 17.3. The molecule has 1 heterocycles. The summed E-state index contributed by atoms with van der Waals surface area (Å²) in [6, 6.07) is 14.4. The maximum Gasteiger partial charge on any atom is 0.186 e. The van der Waals surface area contributed by atoms with Gasteiger partial charge in [-0.2, -0.15) is 5.10 Å². The fourth-order valence-corrected chi connectivity index (χ4v) is 3.05. The summed E-state index contributed by atoms with van der Waals surface area (Å²) in [6.07, 6.45) is 2.86. The van der Waals surface area contributed by atoms with E-state index < -0.39 is 0 Å². The van der Waals surface area contributed by atoms with Gasteiger partial charge in [0.1, 0.15) is 0 Å². The molecule has 132 valence electrons. The second-order valence-electron chi connectivity index (χ2n) is 6.00. The highest BCUT2D eigenvalue weighted by molar-refractivity contribution is 7.80. The molecule has 1 saturated heterocycles. The number of rotatable bonds is 6. The molecule has 0 radical (unpaired) electrons. The lowest BCUT2D eigenvalue weighted by atomic mass is 10.1. The molecule has 0 bridgehead atoms. The molecule has 1 aliphatic heterocycles. The molecule has 3 rings (SSSR count). The van der Waals surface area contributed by atoms with Crippen molar-refractivity contribution in [3.63, 3.8) is 0 Å². The molecule has 0 atom stereocenters. The highest BCUT2D eigenvalue weighted by Crippen LogP contribution is 2.16. The third kappa shape index (κ3) is 5.49. The van der Waals surface area contributed by atoms with Crippen LogP contribution >= 0.6 is 12.2 Å². The number of morpholine rings is 1. The molecule has 0 unspecified atom stereocenters. The topological polar surface area (TPSA) is 48.9 Å². The highest BCUT2D eigenvalue weighted by Gasteiger charge is 2.09. The van der Waals surface area contributed by atoms with Gasteiger partial charge in [0.05, 0.1) is 19.4 Å². The van der Waals surface area contributed by atoms with Crippen molar-refractivity contribution in [1.29, 1.82) is 0 Å². The van der Waals surface area contributed by atoms with Crippen LogP contribution in [0.15, 0.2) is 47.6 Å². The van der Waals surface area contributed by atoms with Gasteiger partial charge < -0.3 is 10.1 Å². The molecule has 1 aliphatic rings. The van der Waals surface area contributed by atoms with Crippen molar-refractivity contribution < 1.29 is 4.74 Å². The third-order valence-corrected chi connectivity index (χ3v) is 4.47.